The largest absolute Gasteiger partial charge is 0.384 e. The Kier molecular flexibility index (Phi) is 8.15. The lowest BCUT2D eigenvalue weighted by Crippen LogP contribution is -2.50. The smallest absolute Gasteiger partial charge is 0.228 e. The zero-order valence-corrected chi connectivity index (χ0v) is 16.2. The van der Waals surface area contributed by atoms with Crippen LogP contribution in [-0.2, 0) is 16.1 Å². The van der Waals surface area contributed by atoms with Crippen molar-refractivity contribution >= 4 is 36.4 Å². The second-order valence-corrected chi connectivity index (χ2v) is 6.30. The van der Waals surface area contributed by atoms with Crippen LogP contribution < -0.4 is 10.6 Å². The number of carbonyl (C=O) groups excluding carboxylic acids is 1. The number of halogens is 2. The molecule has 2 N–H and O–H groups in total. The number of hydrogen-bond donors (Lipinski definition) is 2. The fraction of sp³-hybridized carbons (Fsp3) is 0.529. The first-order valence-electron chi connectivity index (χ1n) is 8.06. The number of aromatic nitrogens is 2. The molecule has 2 aromatic rings. The molecule has 1 fully saturated rings. The number of methoxy groups -OCH3 is 1. The van der Waals surface area contributed by atoms with Crippen LogP contribution in [0, 0.1) is 12.3 Å². The lowest BCUT2D eigenvalue weighted by molar-refractivity contribution is -0.136. The first-order valence-corrected chi connectivity index (χ1v) is 8.06. The predicted molar refractivity (Wildman–Crippen MR) is 103 cm³/mol. The van der Waals surface area contributed by atoms with Crippen molar-refractivity contribution in [2.24, 2.45) is 5.41 Å². The van der Waals surface area contributed by atoms with Gasteiger partial charge in [-0.2, -0.15) is 0 Å². The lowest BCUT2D eigenvalue weighted by atomic mass is 9.78. The summed E-state index contributed by atoms with van der Waals surface area (Å²) in [7, 11) is 1.65. The summed E-state index contributed by atoms with van der Waals surface area (Å²) in [6.07, 6.45) is 5.54. The molecule has 0 spiro atoms. The van der Waals surface area contributed by atoms with E-state index in [1.54, 1.807) is 7.11 Å². The van der Waals surface area contributed by atoms with E-state index in [1.807, 2.05) is 35.9 Å². The molecule has 0 aromatic carbocycles. The van der Waals surface area contributed by atoms with E-state index in [0.717, 1.165) is 42.8 Å². The van der Waals surface area contributed by atoms with Gasteiger partial charge in [0.25, 0.3) is 0 Å². The van der Waals surface area contributed by atoms with Gasteiger partial charge in [-0.1, -0.05) is 6.07 Å². The third-order valence-corrected chi connectivity index (χ3v) is 4.62. The molecule has 0 atom stereocenters. The van der Waals surface area contributed by atoms with Crippen molar-refractivity contribution in [3.05, 3.63) is 35.8 Å². The minimum Gasteiger partial charge on any atom is -0.384 e. The molecule has 140 valence electrons. The summed E-state index contributed by atoms with van der Waals surface area (Å²) in [6.45, 7) is 4.64. The number of nitrogens with zero attached hydrogens (tertiary/aromatic N) is 2. The Balaban J connectivity index is 0.00000156. The summed E-state index contributed by atoms with van der Waals surface area (Å²) in [5.74, 6) is 0.0645. The average Bonchev–Trinajstić information content (AvgIpc) is 2.98. The fourth-order valence-corrected chi connectivity index (χ4v) is 3.27. The molecule has 6 nitrogen and oxygen atoms in total. The van der Waals surface area contributed by atoms with Crippen LogP contribution in [0.5, 0.6) is 0 Å². The van der Waals surface area contributed by atoms with Crippen molar-refractivity contribution in [1.29, 1.82) is 0 Å². The molecule has 3 heterocycles. The molecule has 0 saturated carbocycles. The Bertz CT molecular complexity index is 694. The summed E-state index contributed by atoms with van der Waals surface area (Å²) >= 11 is 0. The van der Waals surface area contributed by atoms with Crippen molar-refractivity contribution < 1.29 is 9.53 Å². The third kappa shape index (κ3) is 4.64. The molecule has 0 aliphatic carbocycles. The highest BCUT2D eigenvalue weighted by Gasteiger charge is 2.39. The number of rotatable bonds is 5. The highest BCUT2D eigenvalue weighted by Crippen LogP contribution is 2.29. The van der Waals surface area contributed by atoms with Crippen LogP contribution >= 0.6 is 24.8 Å². The number of amides is 1. The van der Waals surface area contributed by atoms with Gasteiger partial charge in [-0.05, 0) is 44.5 Å². The Hall–Kier alpha value is -1.34. The molecule has 3 rings (SSSR count). The predicted octanol–water partition coefficient (Wildman–Crippen LogP) is 2.12. The zero-order valence-electron chi connectivity index (χ0n) is 14.6. The van der Waals surface area contributed by atoms with Gasteiger partial charge in [0.15, 0.2) is 0 Å². The lowest BCUT2D eigenvalue weighted by Gasteiger charge is -2.35. The quantitative estimate of drug-likeness (QED) is 0.822. The van der Waals surface area contributed by atoms with E-state index in [-0.39, 0.29) is 30.7 Å². The maximum Gasteiger partial charge on any atom is 0.228 e. The van der Waals surface area contributed by atoms with Gasteiger partial charge in [0.1, 0.15) is 5.65 Å². The molecule has 25 heavy (non-hydrogen) atoms. The molecule has 1 saturated heterocycles. The Labute approximate surface area is 160 Å². The minimum atomic E-state index is -0.422. The van der Waals surface area contributed by atoms with Gasteiger partial charge < -0.3 is 19.8 Å². The number of ether oxygens (including phenoxy) is 1. The number of fused-ring (bicyclic) bond motifs is 1. The van der Waals surface area contributed by atoms with Crippen LogP contribution in [0.3, 0.4) is 0 Å². The number of carbonyl (C=O) groups is 1. The molecule has 0 bridgehead atoms. The first-order chi connectivity index (χ1) is 11.1. The van der Waals surface area contributed by atoms with Crippen LogP contribution in [0.15, 0.2) is 24.5 Å². The zero-order chi connectivity index (χ0) is 16.3. The van der Waals surface area contributed by atoms with E-state index in [0.29, 0.717) is 13.2 Å². The maximum absolute atomic E-state index is 12.7. The van der Waals surface area contributed by atoms with Gasteiger partial charge in [-0.3, -0.25) is 4.79 Å². The maximum atomic E-state index is 12.7. The number of hydrogen-bond acceptors (Lipinski definition) is 4. The second kappa shape index (κ2) is 9.38. The minimum absolute atomic E-state index is 0. The standard InChI is InChI=1S/C17H24N4O2.2ClH/c1-13-4-3-9-21-11-14(20-15(13)21)10-19-16(22)17(12-23-2)5-7-18-8-6-17;;/h3-4,9,11,18H,5-8,10,12H2,1-2H3,(H,19,22);2*1H. The van der Waals surface area contributed by atoms with Crippen molar-refractivity contribution in [1.82, 2.24) is 20.0 Å². The van der Waals surface area contributed by atoms with Crippen LogP contribution in [0.4, 0.5) is 0 Å². The number of nitrogens with one attached hydrogen (secondary N) is 2. The van der Waals surface area contributed by atoms with Crippen molar-refractivity contribution in [2.75, 3.05) is 26.8 Å². The van der Waals surface area contributed by atoms with Crippen molar-refractivity contribution in [3.8, 4) is 0 Å². The topological polar surface area (TPSA) is 67.7 Å². The van der Waals surface area contributed by atoms with Crippen LogP contribution in [-0.4, -0.2) is 42.1 Å². The molecule has 2 aromatic heterocycles. The van der Waals surface area contributed by atoms with Crippen molar-refractivity contribution in [3.63, 3.8) is 0 Å². The van der Waals surface area contributed by atoms with E-state index in [4.69, 9.17) is 4.74 Å². The van der Waals surface area contributed by atoms with Gasteiger partial charge in [0.2, 0.25) is 5.91 Å². The molecule has 1 aliphatic heterocycles. The van der Waals surface area contributed by atoms with Gasteiger partial charge in [0, 0.05) is 19.5 Å². The van der Waals surface area contributed by atoms with Crippen molar-refractivity contribution in [2.45, 2.75) is 26.3 Å². The molecule has 0 radical (unpaired) electrons. The normalized spacial score (nSPS) is 15.9. The number of piperidine rings is 1. The highest BCUT2D eigenvalue weighted by molar-refractivity contribution is 5.85. The van der Waals surface area contributed by atoms with E-state index in [9.17, 15) is 4.79 Å². The Morgan fingerprint density at radius 1 is 1.40 bits per heavy atom. The fourth-order valence-electron chi connectivity index (χ4n) is 3.27. The summed E-state index contributed by atoms with van der Waals surface area (Å²) in [5.41, 5.74) is 2.51. The third-order valence-electron chi connectivity index (χ3n) is 4.62. The number of aryl methyl sites for hydroxylation is 1. The molecular weight excluding hydrogens is 363 g/mol. The van der Waals surface area contributed by atoms with E-state index >= 15 is 0 Å². The van der Waals surface area contributed by atoms with E-state index in [2.05, 4.69) is 15.6 Å². The SMILES string of the molecule is COCC1(C(=O)NCc2cn3cccc(C)c3n2)CCNCC1.Cl.Cl. The Morgan fingerprint density at radius 3 is 2.76 bits per heavy atom. The number of pyridine rings is 1. The van der Waals surface area contributed by atoms with Gasteiger partial charge in [0.05, 0.1) is 24.3 Å². The van der Waals surface area contributed by atoms with Crippen LogP contribution in [0.2, 0.25) is 0 Å². The molecule has 8 heteroatoms. The summed E-state index contributed by atoms with van der Waals surface area (Å²) in [5, 5.41) is 6.35. The molecular formula is C17H26Cl2N4O2. The molecule has 1 amide bonds. The van der Waals surface area contributed by atoms with Gasteiger partial charge in [-0.25, -0.2) is 4.98 Å². The second-order valence-electron chi connectivity index (χ2n) is 6.30. The van der Waals surface area contributed by atoms with Gasteiger partial charge in [-0.15, -0.1) is 24.8 Å². The highest BCUT2D eigenvalue weighted by atomic mass is 35.5. The molecule has 1 aliphatic rings. The average molecular weight is 389 g/mol. The monoisotopic (exact) mass is 388 g/mol. The summed E-state index contributed by atoms with van der Waals surface area (Å²) in [6, 6.07) is 4.03. The van der Waals surface area contributed by atoms with Crippen LogP contribution in [0.25, 0.3) is 5.65 Å². The molecule has 0 unspecified atom stereocenters. The summed E-state index contributed by atoms with van der Waals surface area (Å²) < 4.78 is 7.31. The van der Waals surface area contributed by atoms with E-state index < -0.39 is 5.41 Å². The van der Waals surface area contributed by atoms with Gasteiger partial charge >= 0.3 is 0 Å². The van der Waals surface area contributed by atoms with Crippen LogP contribution in [0.1, 0.15) is 24.1 Å². The Morgan fingerprint density at radius 2 is 2.12 bits per heavy atom. The first kappa shape index (κ1) is 21.7. The van der Waals surface area contributed by atoms with E-state index in [1.165, 1.54) is 0 Å². The number of imidazole rings is 1. The summed E-state index contributed by atoms with van der Waals surface area (Å²) in [4.78, 5) is 17.3.